The lowest BCUT2D eigenvalue weighted by molar-refractivity contribution is -0.230. The first-order valence-corrected chi connectivity index (χ1v) is 14.9. The highest BCUT2D eigenvalue weighted by molar-refractivity contribution is 7.99. The van der Waals surface area contributed by atoms with E-state index in [-0.39, 0.29) is 23.7 Å². The van der Waals surface area contributed by atoms with E-state index in [0.717, 1.165) is 35.9 Å². The van der Waals surface area contributed by atoms with Gasteiger partial charge in [-0.05, 0) is 11.5 Å². The van der Waals surface area contributed by atoms with Crippen molar-refractivity contribution < 1.29 is 34.3 Å². The molecule has 0 bridgehead atoms. The van der Waals surface area contributed by atoms with Crippen LogP contribution in [0.15, 0.2) is 0 Å². The van der Waals surface area contributed by atoms with Gasteiger partial charge in [0.15, 0.2) is 11.6 Å². The minimum Gasteiger partial charge on any atom is -0.392 e. The average Bonchev–Trinajstić information content (AvgIpc) is 3.44. The number of thioether (sulfide) groups is 3. The lowest BCUT2D eigenvalue weighted by Crippen LogP contribution is -2.59. The molecule has 0 aromatic heterocycles. The predicted molar refractivity (Wildman–Crippen MR) is 122 cm³/mol. The Morgan fingerprint density at radius 3 is 1.48 bits per heavy atom. The topological polar surface area (TPSA) is 97.6 Å². The molecular formula is C21H34O7S3. The fourth-order valence-electron chi connectivity index (χ4n) is 5.90. The van der Waals surface area contributed by atoms with E-state index in [1.807, 2.05) is 0 Å². The van der Waals surface area contributed by atoms with Crippen molar-refractivity contribution in [2.75, 3.05) is 60.9 Å². The molecule has 2 spiro atoms. The standard InChI is InChI=1S/C21H34O7S3/c22-17-13(18(23)15-11-29-7-1-20(15)25-3-4-26-20)9-31-10-14(17)19(24)16-12-30-8-2-21(16)27-5-6-28-21/h13-19,22-24H,1-12H2/t13-,14-,15-,16+,17?,18+,19-/m0/s1. The van der Waals surface area contributed by atoms with Gasteiger partial charge in [0.05, 0.1) is 44.7 Å². The molecule has 1 unspecified atom stereocenters. The number of aliphatic hydroxyl groups is 3. The third-order valence-corrected chi connectivity index (χ3v) is 11.1. The van der Waals surface area contributed by atoms with Crippen molar-refractivity contribution in [2.24, 2.45) is 23.7 Å². The van der Waals surface area contributed by atoms with Gasteiger partial charge in [0.1, 0.15) is 0 Å². The van der Waals surface area contributed by atoms with E-state index >= 15 is 0 Å². The van der Waals surface area contributed by atoms with Gasteiger partial charge in [-0.1, -0.05) is 0 Å². The first-order chi connectivity index (χ1) is 15.1. The molecule has 5 aliphatic rings. The summed E-state index contributed by atoms with van der Waals surface area (Å²) in [6.45, 7) is 2.22. The number of aliphatic hydroxyl groups excluding tert-OH is 3. The van der Waals surface area contributed by atoms with Gasteiger partial charge in [-0.25, -0.2) is 0 Å². The Kier molecular flexibility index (Phi) is 7.43. The molecule has 0 saturated carbocycles. The van der Waals surface area contributed by atoms with Crippen molar-refractivity contribution in [1.29, 1.82) is 0 Å². The molecule has 3 N–H and O–H groups in total. The van der Waals surface area contributed by atoms with Gasteiger partial charge >= 0.3 is 0 Å². The number of rotatable bonds is 4. The van der Waals surface area contributed by atoms with Crippen molar-refractivity contribution in [2.45, 2.75) is 42.7 Å². The molecule has 0 radical (unpaired) electrons. The van der Waals surface area contributed by atoms with E-state index in [9.17, 15) is 15.3 Å². The SMILES string of the molecule is OC1[C@@H]([C@H](O)[C@H]2CSCCC23OCCO3)CSC[C@@H]1[C@@H](O)[C@@H]1CSCCC12OCCO2. The van der Waals surface area contributed by atoms with Crippen molar-refractivity contribution >= 4 is 35.3 Å². The molecule has 0 aromatic carbocycles. The van der Waals surface area contributed by atoms with Crippen LogP contribution < -0.4 is 0 Å². The minimum absolute atomic E-state index is 0.178. The van der Waals surface area contributed by atoms with Crippen LogP contribution in [0.1, 0.15) is 12.8 Å². The maximum atomic E-state index is 11.4. The molecule has 7 nitrogen and oxygen atoms in total. The zero-order valence-electron chi connectivity index (χ0n) is 17.7. The summed E-state index contributed by atoms with van der Waals surface area (Å²) in [5, 5.41) is 34.2. The van der Waals surface area contributed by atoms with Crippen LogP contribution in [0.25, 0.3) is 0 Å². The third kappa shape index (κ3) is 4.32. The highest BCUT2D eigenvalue weighted by atomic mass is 32.2. The van der Waals surface area contributed by atoms with E-state index in [2.05, 4.69) is 0 Å². The molecule has 5 rings (SSSR count). The van der Waals surface area contributed by atoms with Crippen molar-refractivity contribution in [3.8, 4) is 0 Å². The predicted octanol–water partition coefficient (Wildman–Crippen LogP) is 1.04. The third-order valence-electron chi connectivity index (χ3n) is 7.67. The summed E-state index contributed by atoms with van der Waals surface area (Å²) in [4.78, 5) is 0. The van der Waals surface area contributed by atoms with E-state index in [1.165, 1.54) is 0 Å². The zero-order valence-corrected chi connectivity index (χ0v) is 20.2. The Labute approximate surface area is 196 Å². The van der Waals surface area contributed by atoms with E-state index in [1.54, 1.807) is 35.3 Å². The van der Waals surface area contributed by atoms with Crippen LogP contribution >= 0.6 is 35.3 Å². The molecule has 178 valence electrons. The minimum atomic E-state index is -0.790. The Bertz CT molecular complexity index is 564. The Balaban J connectivity index is 1.31. The molecule has 5 fully saturated rings. The van der Waals surface area contributed by atoms with E-state index in [0.29, 0.717) is 37.9 Å². The maximum absolute atomic E-state index is 11.4. The highest BCUT2D eigenvalue weighted by Crippen LogP contribution is 2.47. The maximum Gasteiger partial charge on any atom is 0.175 e. The fraction of sp³-hybridized carbons (Fsp3) is 1.00. The summed E-state index contributed by atoms with van der Waals surface area (Å²) in [5.41, 5.74) is 0. The van der Waals surface area contributed by atoms with Gasteiger partial charge in [-0.2, -0.15) is 35.3 Å². The molecule has 0 aromatic rings. The number of hydrogen-bond donors (Lipinski definition) is 3. The van der Waals surface area contributed by atoms with Gasteiger partial charge in [0.2, 0.25) is 0 Å². The van der Waals surface area contributed by atoms with Gasteiger partial charge in [0, 0.05) is 59.5 Å². The van der Waals surface area contributed by atoms with Crippen LogP contribution in [0.2, 0.25) is 0 Å². The molecule has 0 aliphatic carbocycles. The lowest BCUT2D eigenvalue weighted by Gasteiger charge is -2.49. The summed E-state index contributed by atoms with van der Waals surface area (Å²) < 4.78 is 24.0. The fourth-order valence-corrected chi connectivity index (χ4v) is 9.97. The Morgan fingerprint density at radius 2 is 1.06 bits per heavy atom. The van der Waals surface area contributed by atoms with Crippen LogP contribution in [0.5, 0.6) is 0 Å². The van der Waals surface area contributed by atoms with Crippen LogP contribution in [0, 0.1) is 23.7 Å². The van der Waals surface area contributed by atoms with Crippen molar-refractivity contribution in [3.63, 3.8) is 0 Å². The summed E-state index contributed by atoms with van der Waals surface area (Å²) in [6.07, 6.45) is -0.744. The molecule has 5 aliphatic heterocycles. The Morgan fingerprint density at radius 1 is 0.645 bits per heavy atom. The molecule has 7 atom stereocenters. The Hall–Kier alpha value is 0.770. The smallest absolute Gasteiger partial charge is 0.175 e. The van der Waals surface area contributed by atoms with E-state index < -0.39 is 29.9 Å². The first kappa shape index (κ1) is 23.5. The molecule has 10 heteroatoms. The average molecular weight is 495 g/mol. The molecular weight excluding hydrogens is 460 g/mol. The lowest BCUT2D eigenvalue weighted by atomic mass is 9.75. The van der Waals surface area contributed by atoms with Crippen LogP contribution in [-0.4, -0.2) is 106 Å². The second-order valence-corrected chi connectivity index (χ2v) is 12.6. The largest absolute Gasteiger partial charge is 0.392 e. The van der Waals surface area contributed by atoms with Crippen LogP contribution in [0.3, 0.4) is 0 Å². The summed E-state index contributed by atoms with van der Waals surface area (Å²) in [7, 11) is 0. The number of hydrogen-bond acceptors (Lipinski definition) is 10. The second-order valence-electron chi connectivity index (χ2n) is 9.22. The van der Waals surface area contributed by atoms with Crippen LogP contribution in [0.4, 0.5) is 0 Å². The van der Waals surface area contributed by atoms with Gasteiger partial charge in [0.25, 0.3) is 0 Å². The van der Waals surface area contributed by atoms with Gasteiger partial charge < -0.3 is 34.3 Å². The summed E-state index contributed by atoms with van der Waals surface area (Å²) in [5.74, 6) is 2.29. The molecule has 5 saturated heterocycles. The summed E-state index contributed by atoms with van der Waals surface area (Å²) >= 11 is 5.32. The van der Waals surface area contributed by atoms with Crippen LogP contribution in [-0.2, 0) is 18.9 Å². The first-order valence-electron chi connectivity index (χ1n) is 11.4. The van der Waals surface area contributed by atoms with Crippen molar-refractivity contribution in [3.05, 3.63) is 0 Å². The normalized spacial score (nSPS) is 42.1. The van der Waals surface area contributed by atoms with Crippen molar-refractivity contribution in [1.82, 2.24) is 0 Å². The summed E-state index contributed by atoms with van der Waals surface area (Å²) in [6, 6.07) is 0. The van der Waals surface area contributed by atoms with E-state index in [4.69, 9.17) is 18.9 Å². The second kappa shape index (κ2) is 9.79. The molecule has 0 amide bonds. The van der Waals surface area contributed by atoms with Gasteiger partial charge in [-0.15, -0.1) is 0 Å². The molecule has 5 heterocycles. The van der Waals surface area contributed by atoms with Gasteiger partial charge in [-0.3, -0.25) is 0 Å². The zero-order chi connectivity index (χ0) is 21.5. The molecule has 31 heavy (non-hydrogen) atoms. The quantitative estimate of drug-likeness (QED) is 0.526. The number of ether oxygens (including phenoxy) is 4. The highest BCUT2D eigenvalue weighted by Gasteiger charge is 2.56. The monoisotopic (exact) mass is 494 g/mol.